The Morgan fingerprint density at radius 2 is 1.87 bits per heavy atom. The SMILES string of the molecule is CC1(C)N=c2c(F)cc(C#N)c(F)c2=N1. The van der Waals surface area contributed by atoms with E-state index < -0.39 is 17.3 Å². The van der Waals surface area contributed by atoms with E-state index in [9.17, 15) is 8.78 Å². The Morgan fingerprint density at radius 3 is 2.47 bits per heavy atom. The third-order valence-electron chi connectivity index (χ3n) is 2.06. The number of benzene rings is 1. The molecule has 0 radical (unpaired) electrons. The van der Waals surface area contributed by atoms with Gasteiger partial charge in [-0.2, -0.15) is 5.26 Å². The summed E-state index contributed by atoms with van der Waals surface area (Å²) in [5, 5.41) is 8.32. The minimum atomic E-state index is -0.863. The summed E-state index contributed by atoms with van der Waals surface area (Å²) in [6.45, 7) is 3.27. The van der Waals surface area contributed by atoms with Crippen molar-refractivity contribution in [3.05, 3.63) is 34.0 Å². The normalized spacial score (nSPS) is 16.2. The summed E-state index contributed by atoms with van der Waals surface area (Å²) in [6, 6.07) is 2.42. The smallest absolute Gasteiger partial charge is 0.168 e. The molecule has 1 heterocycles. The van der Waals surface area contributed by atoms with E-state index in [4.69, 9.17) is 5.26 Å². The van der Waals surface area contributed by atoms with E-state index in [1.807, 2.05) is 0 Å². The van der Waals surface area contributed by atoms with Crippen LogP contribution in [0.1, 0.15) is 19.4 Å². The Hall–Kier alpha value is -1.83. The van der Waals surface area contributed by atoms with E-state index in [1.165, 1.54) is 0 Å². The Kier molecular flexibility index (Phi) is 1.83. The maximum Gasteiger partial charge on any atom is 0.168 e. The predicted octanol–water partition coefficient (Wildman–Crippen LogP) is 0.825. The van der Waals surface area contributed by atoms with E-state index >= 15 is 0 Å². The molecule has 1 aliphatic rings. The highest BCUT2D eigenvalue weighted by atomic mass is 19.1. The van der Waals surface area contributed by atoms with Gasteiger partial charge in [-0.1, -0.05) is 0 Å². The summed E-state index contributed by atoms with van der Waals surface area (Å²) in [5.74, 6) is -1.51. The highest BCUT2D eigenvalue weighted by Gasteiger charge is 2.23. The lowest BCUT2D eigenvalue weighted by atomic mass is 10.2. The van der Waals surface area contributed by atoms with Crippen LogP contribution in [0.3, 0.4) is 0 Å². The van der Waals surface area contributed by atoms with Gasteiger partial charge in [-0.3, -0.25) is 9.98 Å². The van der Waals surface area contributed by atoms with Crippen LogP contribution in [0.4, 0.5) is 8.78 Å². The lowest BCUT2D eigenvalue weighted by Crippen LogP contribution is -2.30. The summed E-state index contributed by atoms with van der Waals surface area (Å²) in [4.78, 5) is 7.85. The molecule has 0 aliphatic carbocycles. The molecule has 0 saturated heterocycles. The largest absolute Gasteiger partial charge is 0.251 e. The lowest BCUT2D eigenvalue weighted by Gasteiger charge is -2.06. The van der Waals surface area contributed by atoms with Gasteiger partial charge in [0.1, 0.15) is 22.4 Å². The molecule has 0 unspecified atom stereocenters. The van der Waals surface area contributed by atoms with Crippen LogP contribution in [0.25, 0.3) is 0 Å². The van der Waals surface area contributed by atoms with Crippen molar-refractivity contribution >= 4 is 0 Å². The topological polar surface area (TPSA) is 48.5 Å². The number of nitriles is 1. The highest BCUT2D eigenvalue weighted by molar-refractivity contribution is 5.31. The van der Waals surface area contributed by atoms with Crippen LogP contribution in [-0.2, 0) is 0 Å². The van der Waals surface area contributed by atoms with Gasteiger partial charge < -0.3 is 0 Å². The van der Waals surface area contributed by atoms with Crippen molar-refractivity contribution in [1.29, 1.82) is 5.26 Å². The number of fused-ring (bicyclic) bond motifs is 1. The van der Waals surface area contributed by atoms with Gasteiger partial charge in [0, 0.05) is 0 Å². The molecule has 0 amide bonds. The van der Waals surface area contributed by atoms with Gasteiger partial charge in [0.25, 0.3) is 0 Å². The average Bonchev–Trinajstić information content (AvgIpc) is 2.48. The summed E-state index contributed by atoms with van der Waals surface area (Å²) in [7, 11) is 0. The first-order valence-electron chi connectivity index (χ1n) is 4.32. The zero-order valence-electron chi connectivity index (χ0n) is 8.17. The summed E-state index contributed by atoms with van der Waals surface area (Å²) < 4.78 is 26.9. The van der Waals surface area contributed by atoms with E-state index in [1.54, 1.807) is 19.9 Å². The third-order valence-corrected chi connectivity index (χ3v) is 2.06. The van der Waals surface area contributed by atoms with Gasteiger partial charge in [-0.15, -0.1) is 0 Å². The quantitative estimate of drug-likeness (QED) is 0.621. The summed E-state index contributed by atoms with van der Waals surface area (Å²) >= 11 is 0. The second-order valence-corrected chi connectivity index (χ2v) is 3.75. The lowest BCUT2D eigenvalue weighted by molar-refractivity contribution is 0.537. The molecule has 5 heteroatoms. The fourth-order valence-electron chi connectivity index (χ4n) is 1.47. The number of rotatable bonds is 0. The summed E-state index contributed by atoms with van der Waals surface area (Å²) in [5.41, 5.74) is -1.21. The Balaban J connectivity index is 2.95. The first kappa shape index (κ1) is 9.71. The predicted molar refractivity (Wildman–Crippen MR) is 47.5 cm³/mol. The number of halogens is 2. The molecule has 1 aromatic rings. The van der Waals surface area contributed by atoms with Crippen molar-refractivity contribution in [2.75, 3.05) is 0 Å². The fourth-order valence-corrected chi connectivity index (χ4v) is 1.47. The zero-order chi connectivity index (χ0) is 11.2. The van der Waals surface area contributed by atoms with Crippen molar-refractivity contribution in [3.8, 4) is 6.07 Å². The van der Waals surface area contributed by atoms with Crippen LogP contribution in [0.2, 0.25) is 0 Å². The minimum absolute atomic E-state index is 0.100. The second kappa shape index (κ2) is 2.83. The van der Waals surface area contributed by atoms with E-state index in [-0.39, 0.29) is 16.3 Å². The first-order valence-corrected chi connectivity index (χ1v) is 4.32. The van der Waals surface area contributed by atoms with Crippen molar-refractivity contribution in [3.63, 3.8) is 0 Å². The van der Waals surface area contributed by atoms with Crippen molar-refractivity contribution in [1.82, 2.24) is 0 Å². The molecular formula is C10H7F2N3. The molecule has 0 fully saturated rings. The first-order chi connectivity index (χ1) is 6.94. The van der Waals surface area contributed by atoms with Crippen molar-refractivity contribution in [2.24, 2.45) is 9.98 Å². The molecule has 0 N–H and O–H groups in total. The van der Waals surface area contributed by atoms with Crippen LogP contribution in [0, 0.1) is 23.0 Å². The molecule has 15 heavy (non-hydrogen) atoms. The molecule has 0 spiro atoms. The summed E-state index contributed by atoms with van der Waals surface area (Å²) in [6.07, 6.45) is 0. The van der Waals surface area contributed by atoms with E-state index in [0.29, 0.717) is 0 Å². The molecule has 3 nitrogen and oxygen atoms in total. The zero-order valence-corrected chi connectivity index (χ0v) is 8.17. The standard InChI is InChI=1S/C10H7F2N3/c1-10(2)14-8-6(11)3-5(4-13)7(12)9(8)15-10/h3H,1-2H3. The number of nitrogens with zero attached hydrogens (tertiary/aromatic N) is 3. The molecule has 76 valence electrons. The van der Waals surface area contributed by atoms with Gasteiger partial charge in [-0.05, 0) is 19.9 Å². The molecule has 2 rings (SSSR count). The van der Waals surface area contributed by atoms with Gasteiger partial charge in [0.05, 0.1) is 5.56 Å². The average molecular weight is 207 g/mol. The number of hydrogen-bond acceptors (Lipinski definition) is 3. The Bertz CT molecular complexity index is 597. The Labute approximate surface area is 84.4 Å². The molecule has 0 saturated carbocycles. The van der Waals surface area contributed by atoms with Gasteiger partial charge in [0.2, 0.25) is 0 Å². The molecule has 0 bridgehead atoms. The highest BCUT2D eigenvalue weighted by Crippen LogP contribution is 2.13. The van der Waals surface area contributed by atoms with Crippen LogP contribution >= 0.6 is 0 Å². The molecule has 1 aromatic carbocycles. The van der Waals surface area contributed by atoms with E-state index in [0.717, 1.165) is 6.07 Å². The third kappa shape index (κ3) is 1.38. The van der Waals surface area contributed by atoms with Gasteiger partial charge in [-0.25, -0.2) is 8.78 Å². The van der Waals surface area contributed by atoms with Crippen molar-refractivity contribution < 1.29 is 8.78 Å². The van der Waals surface area contributed by atoms with Crippen LogP contribution in [0.15, 0.2) is 16.1 Å². The van der Waals surface area contributed by atoms with Crippen LogP contribution < -0.4 is 10.7 Å². The minimum Gasteiger partial charge on any atom is -0.251 e. The van der Waals surface area contributed by atoms with Crippen LogP contribution in [-0.4, -0.2) is 5.66 Å². The van der Waals surface area contributed by atoms with Crippen LogP contribution in [0.5, 0.6) is 0 Å². The monoisotopic (exact) mass is 207 g/mol. The van der Waals surface area contributed by atoms with Crippen molar-refractivity contribution in [2.45, 2.75) is 19.5 Å². The van der Waals surface area contributed by atoms with Gasteiger partial charge >= 0.3 is 0 Å². The second-order valence-electron chi connectivity index (χ2n) is 3.75. The van der Waals surface area contributed by atoms with Gasteiger partial charge in [0.15, 0.2) is 11.6 Å². The Morgan fingerprint density at radius 1 is 1.27 bits per heavy atom. The van der Waals surface area contributed by atoms with E-state index in [2.05, 4.69) is 9.98 Å². The molecule has 1 aliphatic heterocycles. The molecule has 0 atom stereocenters. The maximum absolute atomic E-state index is 13.6. The molecule has 0 aromatic heterocycles. The fraction of sp³-hybridized carbons (Fsp3) is 0.300. The number of hydrogen-bond donors (Lipinski definition) is 0. The maximum atomic E-state index is 13.6. The molecular weight excluding hydrogens is 200 g/mol.